The summed E-state index contributed by atoms with van der Waals surface area (Å²) >= 11 is 0. The lowest BCUT2D eigenvalue weighted by Gasteiger charge is -2.26. The number of aliphatic imine (C=N–C) groups is 1. The lowest BCUT2D eigenvalue weighted by molar-refractivity contribution is 0.341. The summed E-state index contributed by atoms with van der Waals surface area (Å²) in [6.45, 7) is 1.73. The van der Waals surface area contributed by atoms with Crippen LogP contribution in [0.3, 0.4) is 0 Å². The molecule has 3 rings (SSSR count). The molecule has 0 saturated carbocycles. The maximum absolute atomic E-state index is 6.06. The molecule has 1 unspecified atom stereocenters. The van der Waals surface area contributed by atoms with Gasteiger partial charge in [-0.15, -0.1) is 0 Å². The Morgan fingerprint density at radius 1 is 0.952 bits per heavy atom. The third-order valence-corrected chi connectivity index (χ3v) is 4.00. The van der Waals surface area contributed by atoms with Crippen molar-refractivity contribution < 1.29 is 0 Å². The summed E-state index contributed by atoms with van der Waals surface area (Å²) in [5, 5.41) is 0. The van der Waals surface area contributed by atoms with Crippen LogP contribution < -0.4 is 5.73 Å². The van der Waals surface area contributed by atoms with E-state index in [1.165, 1.54) is 11.1 Å². The van der Waals surface area contributed by atoms with E-state index in [2.05, 4.69) is 64.5 Å². The Balaban J connectivity index is 1.62. The maximum atomic E-state index is 6.06. The molecule has 1 heterocycles. The second-order valence-electron chi connectivity index (χ2n) is 5.47. The Labute approximate surface area is 126 Å². The molecule has 108 valence electrons. The summed E-state index contributed by atoms with van der Waals surface area (Å²) in [4.78, 5) is 6.68. The SMILES string of the molecule is NC1=NCC(Cc2ccccc2)N1CCc1ccccc1. The van der Waals surface area contributed by atoms with Gasteiger partial charge in [-0.2, -0.15) is 0 Å². The zero-order valence-corrected chi connectivity index (χ0v) is 12.2. The molecule has 1 aliphatic heterocycles. The first-order valence-electron chi connectivity index (χ1n) is 7.47. The smallest absolute Gasteiger partial charge is 0.191 e. The van der Waals surface area contributed by atoms with Crippen molar-refractivity contribution in [2.75, 3.05) is 13.1 Å². The summed E-state index contributed by atoms with van der Waals surface area (Å²) in [5.41, 5.74) is 8.75. The summed E-state index contributed by atoms with van der Waals surface area (Å²) in [7, 11) is 0. The minimum Gasteiger partial charge on any atom is -0.370 e. The van der Waals surface area contributed by atoms with Crippen LogP contribution in [0, 0.1) is 0 Å². The molecular formula is C18H21N3. The molecule has 1 atom stereocenters. The van der Waals surface area contributed by atoms with Crippen LogP contribution in [-0.4, -0.2) is 30.0 Å². The number of hydrogen-bond acceptors (Lipinski definition) is 3. The Bertz CT molecular complexity index is 592. The van der Waals surface area contributed by atoms with E-state index in [-0.39, 0.29) is 0 Å². The first kappa shape index (κ1) is 13.7. The molecule has 1 aliphatic rings. The molecule has 0 spiro atoms. The molecule has 0 bridgehead atoms. The Morgan fingerprint density at radius 3 is 2.24 bits per heavy atom. The minimum atomic E-state index is 0.385. The van der Waals surface area contributed by atoms with Crippen molar-refractivity contribution in [2.45, 2.75) is 18.9 Å². The summed E-state index contributed by atoms with van der Waals surface area (Å²) in [6.07, 6.45) is 2.00. The van der Waals surface area contributed by atoms with Crippen molar-refractivity contribution in [1.82, 2.24) is 4.90 Å². The van der Waals surface area contributed by atoms with Crippen LogP contribution in [-0.2, 0) is 12.8 Å². The van der Waals surface area contributed by atoms with Crippen molar-refractivity contribution >= 4 is 5.96 Å². The quantitative estimate of drug-likeness (QED) is 0.913. The van der Waals surface area contributed by atoms with E-state index >= 15 is 0 Å². The van der Waals surface area contributed by atoms with E-state index in [1.54, 1.807) is 0 Å². The van der Waals surface area contributed by atoms with Gasteiger partial charge in [0.1, 0.15) is 0 Å². The number of rotatable bonds is 5. The van der Waals surface area contributed by atoms with Crippen LogP contribution in [0.1, 0.15) is 11.1 Å². The molecule has 0 aliphatic carbocycles. The summed E-state index contributed by atoms with van der Waals surface area (Å²) in [5.74, 6) is 0.687. The minimum absolute atomic E-state index is 0.385. The van der Waals surface area contributed by atoms with Gasteiger partial charge in [-0.3, -0.25) is 4.99 Å². The van der Waals surface area contributed by atoms with E-state index < -0.39 is 0 Å². The van der Waals surface area contributed by atoms with Crippen molar-refractivity contribution in [2.24, 2.45) is 10.7 Å². The molecule has 2 aromatic rings. The monoisotopic (exact) mass is 279 g/mol. The normalized spacial score (nSPS) is 17.8. The molecule has 0 saturated heterocycles. The summed E-state index contributed by atoms with van der Waals surface area (Å²) in [6, 6.07) is 21.5. The fourth-order valence-corrected chi connectivity index (χ4v) is 2.83. The first-order chi connectivity index (χ1) is 10.3. The zero-order chi connectivity index (χ0) is 14.5. The average Bonchev–Trinajstić information content (AvgIpc) is 2.87. The second-order valence-corrected chi connectivity index (χ2v) is 5.47. The zero-order valence-electron chi connectivity index (χ0n) is 12.2. The van der Waals surface area contributed by atoms with Gasteiger partial charge in [-0.1, -0.05) is 60.7 Å². The number of guanidine groups is 1. The Kier molecular flexibility index (Phi) is 4.20. The molecule has 0 amide bonds. The highest BCUT2D eigenvalue weighted by atomic mass is 15.3. The fourth-order valence-electron chi connectivity index (χ4n) is 2.83. The number of nitrogens with two attached hydrogens (primary N) is 1. The van der Waals surface area contributed by atoms with Gasteiger partial charge in [0.25, 0.3) is 0 Å². The molecule has 0 fully saturated rings. The molecule has 0 radical (unpaired) electrons. The topological polar surface area (TPSA) is 41.6 Å². The van der Waals surface area contributed by atoms with Crippen molar-refractivity contribution in [3.05, 3.63) is 71.8 Å². The highest BCUT2D eigenvalue weighted by Crippen LogP contribution is 2.15. The van der Waals surface area contributed by atoms with Gasteiger partial charge >= 0.3 is 0 Å². The third-order valence-electron chi connectivity index (χ3n) is 4.00. The molecule has 2 N–H and O–H groups in total. The average molecular weight is 279 g/mol. The van der Waals surface area contributed by atoms with Crippen LogP contribution in [0.25, 0.3) is 0 Å². The third kappa shape index (κ3) is 3.43. The van der Waals surface area contributed by atoms with Crippen molar-refractivity contribution in [3.63, 3.8) is 0 Å². The predicted octanol–water partition coefficient (Wildman–Crippen LogP) is 2.47. The molecule has 0 aromatic heterocycles. The highest BCUT2D eigenvalue weighted by molar-refractivity contribution is 5.80. The van der Waals surface area contributed by atoms with Crippen molar-refractivity contribution in [3.8, 4) is 0 Å². The molecule has 3 heteroatoms. The predicted molar refractivity (Wildman–Crippen MR) is 87.3 cm³/mol. The fraction of sp³-hybridized carbons (Fsp3) is 0.278. The number of nitrogens with zero attached hydrogens (tertiary/aromatic N) is 2. The van der Waals surface area contributed by atoms with Gasteiger partial charge in [0, 0.05) is 6.54 Å². The molecule has 3 nitrogen and oxygen atoms in total. The van der Waals surface area contributed by atoms with E-state index in [1.807, 2.05) is 6.07 Å². The van der Waals surface area contributed by atoms with E-state index in [0.29, 0.717) is 12.0 Å². The van der Waals surface area contributed by atoms with E-state index in [9.17, 15) is 0 Å². The maximum Gasteiger partial charge on any atom is 0.191 e. The van der Waals surface area contributed by atoms with Gasteiger partial charge in [-0.05, 0) is 24.0 Å². The second kappa shape index (κ2) is 6.44. The molecular weight excluding hydrogens is 258 g/mol. The van der Waals surface area contributed by atoms with Crippen LogP contribution >= 0.6 is 0 Å². The highest BCUT2D eigenvalue weighted by Gasteiger charge is 2.25. The standard InChI is InChI=1S/C18H21N3/c19-18-20-14-17(13-16-9-5-2-6-10-16)21(18)12-11-15-7-3-1-4-8-15/h1-10,17H,11-14H2,(H2,19,20). The van der Waals surface area contributed by atoms with E-state index in [0.717, 1.165) is 25.9 Å². The van der Waals surface area contributed by atoms with Gasteiger partial charge in [0.15, 0.2) is 5.96 Å². The van der Waals surface area contributed by atoms with Gasteiger partial charge < -0.3 is 10.6 Å². The van der Waals surface area contributed by atoms with Gasteiger partial charge in [0.2, 0.25) is 0 Å². The molecule has 21 heavy (non-hydrogen) atoms. The van der Waals surface area contributed by atoms with Gasteiger partial charge in [-0.25, -0.2) is 0 Å². The van der Waals surface area contributed by atoms with E-state index in [4.69, 9.17) is 5.73 Å². The Hall–Kier alpha value is -2.29. The largest absolute Gasteiger partial charge is 0.370 e. The summed E-state index contributed by atoms with van der Waals surface area (Å²) < 4.78 is 0. The van der Waals surface area contributed by atoms with Crippen LogP contribution in [0.2, 0.25) is 0 Å². The number of benzene rings is 2. The lowest BCUT2D eigenvalue weighted by atomic mass is 10.0. The lowest BCUT2D eigenvalue weighted by Crippen LogP contribution is -2.43. The Morgan fingerprint density at radius 2 is 1.57 bits per heavy atom. The van der Waals surface area contributed by atoms with Crippen LogP contribution in [0.4, 0.5) is 0 Å². The van der Waals surface area contributed by atoms with Crippen LogP contribution in [0.5, 0.6) is 0 Å². The molecule has 2 aromatic carbocycles. The van der Waals surface area contributed by atoms with Crippen LogP contribution in [0.15, 0.2) is 65.7 Å². The van der Waals surface area contributed by atoms with Crippen molar-refractivity contribution in [1.29, 1.82) is 0 Å². The number of hydrogen-bond donors (Lipinski definition) is 1. The van der Waals surface area contributed by atoms with Gasteiger partial charge in [0.05, 0.1) is 12.6 Å². The first-order valence-corrected chi connectivity index (χ1v) is 7.47.